The number of hydrogen-bond acceptors (Lipinski definition) is 7. The first-order valence-electron chi connectivity index (χ1n) is 13.2. The zero-order chi connectivity index (χ0) is 28.1. The molecule has 10 heteroatoms. The minimum Gasteiger partial charge on any atom is -0.324 e. The molecule has 0 radical (unpaired) electrons. The summed E-state index contributed by atoms with van der Waals surface area (Å²) < 4.78 is 14.9. The Bertz CT molecular complexity index is 1490. The molecule has 2 N–H and O–H groups in total. The fourth-order valence-electron chi connectivity index (χ4n) is 4.62. The van der Waals surface area contributed by atoms with Gasteiger partial charge in [0.1, 0.15) is 5.82 Å². The molecule has 2 aromatic carbocycles. The van der Waals surface area contributed by atoms with Gasteiger partial charge in [-0.05, 0) is 61.5 Å². The average Bonchev–Trinajstić information content (AvgIpc) is 2.97. The molecule has 0 bridgehead atoms. The van der Waals surface area contributed by atoms with Crippen molar-refractivity contribution in [2.45, 2.75) is 20.4 Å². The molecule has 4 aromatic rings. The first kappa shape index (κ1) is 27.6. The number of rotatable bonds is 8. The number of piperazine rings is 1. The number of anilines is 3. The van der Waals surface area contributed by atoms with E-state index in [-0.39, 0.29) is 5.91 Å². The van der Waals surface area contributed by atoms with Crippen molar-refractivity contribution in [2.75, 3.05) is 43.4 Å². The fraction of sp³-hybridized carbons (Fsp3) is 0.267. The molecule has 1 aliphatic heterocycles. The van der Waals surface area contributed by atoms with Crippen LogP contribution in [0.4, 0.5) is 21.7 Å². The monoisotopic (exact) mass is 559 g/mol. The number of carbonyl (C=O) groups is 1. The molecule has 0 atom stereocenters. The van der Waals surface area contributed by atoms with Gasteiger partial charge < -0.3 is 15.5 Å². The highest BCUT2D eigenvalue weighted by molar-refractivity contribution is 6.31. The predicted octanol–water partition coefficient (Wildman–Crippen LogP) is 5.77. The Balaban J connectivity index is 1.28. The van der Waals surface area contributed by atoms with Crippen molar-refractivity contribution < 1.29 is 9.18 Å². The lowest BCUT2D eigenvalue weighted by Gasteiger charge is -2.34. The number of carbonyl (C=O) groups excluding carboxylic acids is 1. The maximum atomic E-state index is 14.9. The lowest BCUT2D eigenvalue weighted by atomic mass is 10.1. The Morgan fingerprint density at radius 2 is 1.85 bits per heavy atom. The Morgan fingerprint density at radius 3 is 2.58 bits per heavy atom. The summed E-state index contributed by atoms with van der Waals surface area (Å²) in [5.74, 6) is -0.555. The van der Waals surface area contributed by atoms with Gasteiger partial charge in [-0.25, -0.2) is 14.4 Å². The van der Waals surface area contributed by atoms with Crippen LogP contribution in [0.15, 0.2) is 67.1 Å². The second kappa shape index (κ2) is 12.5. The van der Waals surface area contributed by atoms with Gasteiger partial charge >= 0.3 is 0 Å². The summed E-state index contributed by atoms with van der Waals surface area (Å²) in [4.78, 5) is 30.7. The molecule has 0 aliphatic carbocycles. The van der Waals surface area contributed by atoms with Gasteiger partial charge in [-0.2, -0.15) is 0 Å². The van der Waals surface area contributed by atoms with E-state index in [2.05, 4.69) is 42.3 Å². The van der Waals surface area contributed by atoms with Crippen molar-refractivity contribution in [1.82, 2.24) is 24.8 Å². The third-order valence-electron chi connectivity index (χ3n) is 7.08. The summed E-state index contributed by atoms with van der Waals surface area (Å²) in [7, 11) is 0. The molecule has 3 heterocycles. The van der Waals surface area contributed by atoms with Gasteiger partial charge in [0.15, 0.2) is 0 Å². The maximum absolute atomic E-state index is 14.9. The van der Waals surface area contributed by atoms with Gasteiger partial charge in [0, 0.05) is 84.4 Å². The molecule has 1 saturated heterocycles. The number of nitrogens with one attached hydrogen (secondary N) is 2. The number of hydrogen-bond donors (Lipinski definition) is 2. The Labute approximate surface area is 238 Å². The number of aromatic nitrogens is 3. The zero-order valence-electron chi connectivity index (χ0n) is 22.5. The van der Waals surface area contributed by atoms with E-state index in [1.807, 2.05) is 18.2 Å². The molecule has 8 nitrogen and oxygen atoms in total. The second-order valence-electron chi connectivity index (χ2n) is 9.73. The Hall–Kier alpha value is -3.92. The lowest BCUT2D eigenvalue weighted by molar-refractivity contribution is 0.102. The number of halogens is 2. The quantitative estimate of drug-likeness (QED) is 0.283. The molecule has 40 heavy (non-hydrogen) atoms. The highest BCUT2D eigenvalue weighted by atomic mass is 35.5. The van der Waals surface area contributed by atoms with E-state index in [9.17, 15) is 9.18 Å². The molecule has 206 valence electrons. The molecule has 1 aliphatic rings. The first-order valence-corrected chi connectivity index (χ1v) is 13.6. The van der Waals surface area contributed by atoms with Crippen molar-refractivity contribution in [3.05, 3.63) is 94.7 Å². The van der Waals surface area contributed by atoms with Crippen LogP contribution in [-0.2, 0) is 6.54 Å². The van der Waals surface area contributed by atoms with Gasteiger partial charge in [-0.15, -0.1) is 0 Å². The topological polar surface area (TPSA) is 86.3 Å². The predicted molar refractivity (Wildman–Crippen MR) is 156 cm³/mol. The van der Waals surface area contributed by atoms with Gasteiger partial charge in [0.2, 0.25) is 5.95 Å². The van der Waals surface area contributed by atoms with Gasteiger partial charge in [-0.3, -0.25) is 14.7 Å². The van der Waals surface area contributed by atoms with Crippen LogP contribution in [0.25, 0.3) is 11.3 Å². The SMILES string of the molecule is CCN1CCN(Cc2ccc(C(=O)Nc3cc(F)c(C)c(Nc4nccc(-c5cccnc5)n4)c3)cc2Cl)CC1. The van der Waals surface area contributed by atoms with Crippen molar-refractivity contribution in [1.29, 1.82) is 0 Å². The number of amides is 1. The second-order valence-corrected chi connectivity index (χ2v) is 10.1. The lowest BCUT2D eigenvalue weighted by Crippen LogP contribution is -2.45. The van der Waals surface area contributed by atoms with Crippen LogP contribution < -0.4 is 10.6 Å². The minimum atomic E-state index is -0.472. The van der Waals surface area contributed by atoms with E-state index in [0.717, 1.165) is 50.4 Å². The van der Waals surface area contributed by atoms with E-state index in [0.29, 0.717) is 39.2 Å². The zero-order valence-corrected chi connectivity index (χ0v) is 23.2. The van der Waals surface area contributed by atoms with Crippen molar-refractivity contribution in [3.63, 3.8) is 0 Å². The van der Waals surface area contributed by atoms with Crippen LogP contribution in [0.5, 0.6) is 0 Å². The Morgan fingerprint density at radius 1 is 1.05 bits per heavy atom. The van der Waals surface area contributed by atoms with Crippen LogP contribution in [0.2, 0.25) is 5.02 Å². The van der Waals surface area contributed by atoms with E-state index in [1.54, 1.807) is 49.8 Å². The van der Waals surface area contributed by atoms with Crippen LogP contribution in [0.3, 0.4) is 0 Å². The van der Waals surface area contributed by atoms with Crippen LogP contribution in [0, 0.1) is 12.7 Å². The van der Waals surface area contributed by atoms with Crippen molar-refractivity contribution in [3.8, 4) is 11.3 Å². The van der Waals surface area contributed by atoms with Crippen molar-refractivity contribution >= 4 is 34.8 Å². The molecule has 0 unspecified atom stereocenters. The molecule has 5 rings (SSSR count). The summed E-state index contributed by atoms with van der Waals surface area (Å²) in [6, 6.07) is 13.7. The Kier molecular flexibility index (Phi) is 8.64. The van der Waals surface area contributed by atoms with Crippen molar-refractivity contribution in [2.24, 2.45) is 0 Å². The van der Waals surface area contributed by atoms with Gasteiger partial charge in [0.05, 0.1) is 5.69 Å². The number of nitrogens with zero attached hydrogens (tertiary/aromatic N) is 5. The van der Waals surface area contributed by atoms with Crippen LogP contribution >= 0.6 is 11.6 Å². The van der Waals surface area contributed by atoms with Gasteiger partial charge in [-0.1, -0.05) is 24.6 Å². The summed E-state index contributed by atoms with van der Waals surface area (Å²) in [6.45, 7) is 9.68. The number of pyridine rings is 1. The standard InChI is InChI=1S/C30H31ClFN7O/c1-3-38-11-13-39(14-12-38)19-23-7-6-21(15-25(23)31)29(40)35-24-16-26(32)20(2)28(17-24)37-30-34-10-8-27(36-30)22-5-4-9-33-18-22/h4-10,15-18H,3,11-14,19H2,1-2H3,(H,35,40)(H,34,36,37). The van der Waals surface area contributed by atoms with E-state index in [4.69, 9.17) is 11.6 Å². The van der Waals surface area contributed by atoms with E-state index >= 15 is 0 Å². The summed E-state index contributed by atoms with van der Waals surface area (Å²) in [5.41, 5.74) is 4.00. The van der Waals surface area contributed by atoms with Crippen LogP contribution in [-0.4, -0.2) is 63.4 Å². The average molecular weight is 560 g/mol. The number of likely N-dealkylation sites (N-methyl/N-ethyl adjacent to an activating group) is 1. The molecule has 0 spiro atoms. The highest BCUT2D eigenvalue weighted by Gasteiger charge is 2.18. The summed E-state index contributed by atoms with van der Waals surface area (Å²) in [5, 5.41) is 6.40. The van der Waals surface area contributed by atoms with E-state index in [1.165, 1.54) is 6.07 Å². The minimum absolute atomic E-state index is 0.297. The molecular weight excluding hydrogens is 529 g/mol. The normalized spacial score (nSPS) is 14.2. The number of benzene rings is 2. The summed E-state index contributed by atoms with van der Waals surface area (Å²) >= 11 is 6.57. The third-order valence-corrected chi connectivity index (χ3v) is 7.43. The largest absolute Gasteiger partial charge is 0.324 e. The van der Waals surface area contributed by atoms with Crippen LogP contribution in [0.1, 0.15) is 28.4 Å². The maximum Gasteiger partial charge on any atom is 0.255 e. The molecule has 1 amide bonds. The molecule has 0 saturated carbocycles. The van der Waals surface area contributed by atoms with Gasteiger partial charge in [0.25, 0.3) is 5.91 Å². The fourth-order valence-corrected chi connectivity index (χ4v) is 4.86. The van der Waals surface area contributed by atoms with E-state index < -0.39 is 5.82 Å². The first-order chi connectivity index (χ1) is 19.4. The smallest absolute Gasteiger partial charge is 0.255 e. The molecule has 2 aromatic heterocycles. The highest BCUT2D eigenvalue weighted by Crippen LogP contribution is 2.28. The molecule has 1 fully saturated rings. The summed E-state index contributed by atoms with van der Waals surface area (Å²) in [6.07, 6.45) is 5.01. The molecular formula is C30H31ClFN7O. The third kappa shape index (κ3) is 6.62.